The van der Waals surface area contributed by atoms with Gasteiger partial charge in [-0.15, -0.1) is 12.4 Å². The standard InChI is InChI=1S/C16H20F2N4.ClH/c1-19-9-12-4-6-21(10-12)11-14-5-7-22(20-14)16-3-2-13(17)8-15(16)18;/h2-3,5,7-8,12,19H,4,6,9-11H2,1H3;1H. The highest BCUT2D eigenvalue weighted by Crippen LogP contribution is 2.19. The first-order valence-electron chi connectivity index (χ1n) is 7.52. The topological polar surface area (TPSA) is 33.1 Å². The van der Waals surface area contributed by atoms with Gasteiger partial charge < -0.3 is 5.32 Å². The molecule has 2 heterocycles. The second kappa shape index (κ2) is 7.86. The van der Waals surface area contributed by atoms with Crippen molar-refractivity contribution in [2.24, 2.45) is 5.92 Å². The first kappa shape index (κ1) is 17.8. The van der Waals surface area contributed by atoms with E-state index in [9.17, 15) is 8.78 Å². The van der Waals surface area contributed by atoms with Gasteiger partial charge in [0.25, 0.3) is 0 Å². The predicted molar refractivity (Wildman–Crippen MR) is 88.0 cm³/mol. The number of rotatable bonds is 5. The van der Waals surface area contributed by atoms with Crippen molar-refractivity contribution in [2.45, 2.75) is 13.0 Å². The minimum Gasteiger partial charge on any atom is -0.319 e. The van der Waals surface area contributed by atoms with Gasteiger partial charge in [0.15, 0.2) is 5.82 Å². The lowest BCUT2D eigenvalue weighted by molar-refractivity contribution is 0.311. The summed E-state index contributed by atoms with van der Waals surface area (Å²) in [5.74, 6) is -0.507. The van der Waals surface area contributed by atoms with E-state index >= 15 is 0 Å². The zero-order valence-electron chi connectivity index (χ0n) is 13.0. The molecule has 1 N–H and O–H groups in total. The Morgan fingerprint density at radius 1 is 1.30 bits per heavy atom. The lowest BCUT2D eigenvalue weighted by atomic mass is 10.1. The zero-order chi connectivity index (χ0) is 15.5. The van der Waals surface area contributed by atoms with E-state index in [0.29, 0.717) is 5.92 Å². The van der Waals surface area contributed by atoms with Crippen LogP contribution < -0.4 is 5.32 Å². The number of likely N-dealkylation sites (tertiary alicyclic amines) is 1. The minimum absolute atomic E-state index is 0. The summed E-state index contributed by atoms with van der Waals surface area (Å²) in [6, 6.07) is 5.40. The number of nitrogens with zero attached hydrogens (tertiary/aromatic N) is 3. The van der Waals surface area contributed by atoms with Crippen LogP contribution in [0.1, 0.15) is 12.1 Å². The third kappa shape index (κ3) is 4.28. The zero-order valence-corrected chi connectivity index (χ0v) is 13.8. The van der Waals surface area contributed by atoms with Crippen LogP contribution in [0, 0.1) is 17.6 Å². The monoisotopic (exact) mass is 342 g/mol. The number of halogens is 3. The first-order chi connectivity index (χ1) is 10.7. The van der Waals surface area contributed by atoms with E-state index in [4.69, 9.17) is 0 Å². The molecule has 0 saturated carbocycles. The van der Waals surface area contributed by atoms with Crippen molar-refractivity contribution in [2.75, 3.05) is 26.7 Å². The van der Waals surface area contributed by atoms with E-state index in [-0.39, 0.29) is 18.1 Å². The van der Waals surface area contributed by atoms with Crippen LogP contribution in [0.4, 0.5) is 8.78 Å². The van der Waals surface area contributed by atoms with Gasteiger partial charge in [-0.25, -0.2) is 13.5 Å². The Bertz CT molecular complexity index is 647. The summed E-state index contributed by atoms with van der Waals surface area (Å²) in [7, 11) is 1.97. The predicted octanol–water partition coefficient (Wildman–Crippen LogP) is 2.61. The van der Waals surface area contributed by atoms with Crippen molar-refractivity contribution >= 4 is 12.4 Å². The van der Waals surface area contributed by atoms with Gasteiger partial charge >= 0.3 is 0 Å². The molecule has 1 fully saturated rings. The SMILES string of the molecule is CNCC1CCN(Cc2ccn(-c3ccc(F)cc3F)n2)C1.Cl. The molecule has 126 valence electrons. The van der Waals surface area contributed by atoms with Crippen molar-refractivity contribution < 1.29 is 8.78 Å². The first-order valence-corrected chi connectivity index (χ1v) is 7.52. The van der Waals surface area contributed by atoms with Gasteiger partial charge in [0.1, 0.15) is 11.5 Å². The number of hydrogen-bond donors (Lipinski definition) is 1. The van der Waals surface area contributed by atoms with Crippen LogP contribution in [0.3, 0.4) is 0 Å². The molecule has 0 bridgehead atoms. The van der Waals surface area contributed by atoms with Crippen LogP contribution in [-0.2, 0) is 6.54 Å². The Hall–Kier alpha value is -1.50. The second-order valence-corrected chi connectivity index (χ2v) is 5.79. The fraction of sp³-hybridized carbons (Fsp3) is 0.438. The molecule has 1 aromatic heterocycles. The molecule has 1 saturated heterocycles. The molecule has 1 aromatic carbocycles. The normalized spacial score (nSPS) is 18.1. The summed E-state index contributed by atoms with van der Waals surface area (Å²) >= 11 is 0. The van der Waals surface area contributed by atoms with Crippen LogP contribution in [-0.4, -0.2) is 41.4 Å². The Morgan fingerprint density at radius 3 is 2.87 bits per heavy atom. The molecule has 3 rings (SSSR count). The van der Waals surface area contributed by atoms with E-state index in [2.05, 4.69) is 15.3 Å². The van der Waals surface area contributed by atoms with Crippen LogP contribution in [0.15, 0.2) is 30.5 Å². The lowest BCUT2D eigenvalue weighted by Gasteiger charge is -2.14. The molecule has 0 aliphatic carbocycles. The number of nitrogens with one attached hydrogen (secondary N) is 1. The molecule has 2 aromatic rings. The molecule has 1 unspecified atom stereocenters. The lowest BCUT2D eigenvalue weighted by Crippen LogP contribution is -2.24. The molecule has 0 radical (unpaired) electrons. The summed E-state index contributed by atoms with van der Waals surface area (Å²) in [5.41, 5.74) is 1.16. The molecule has 7 heteroatoms. The summed E-state index contributed by atoms with van der Waals surface area (Å²) in [5, 5.41) is 7.61. The van der Waals surface area contributed by atoms with Crippen molar-refractivity contribution in [3.63, 3.8) is 0 Å². The van der Waals surface area contributed by atoms with Gasteiger partial charge in [-0.2, -0.15) is 5.10 Å². The van der Waals surface area contributed by atoms with E-state index < -0.39 is 11.6 Å². The molecule has 1 aliphatic heterocycles. The number of aromatic nitrogens is 2. The molecule has 1 aliphatic rings. The average molecular weight is 343 g/mol. The highest BCUT2D eigenvalue weighted by atomic mass is 35.5. The second-order valence-electron chi connectivity index (χ2n) is 5.79. The third-order valence-corrected chi connectivity index (χ3v) is 4.05. The quantitative estimate of drug-likeness (QED) is 0.906. The van der Waals surface area contributed by atoms with Crippen molar-refractivity contribution in [3.05, 3.63) is 47.8 Å². The van der Waals surface area contributed by atoms with E-state index in [1.54, 1.807) is 6.20 Å². The van der Waals surface area contributed by atoms with Crippen molar-refractivity contribution in [1.29, 1.82) is 0 Å². The average Bonchev–Trinajstić information content (AvgIpc) is 3.10. The Kier molecular flexibility index (Phi) is 6.10. The van der Waals surface area contributed by atoms with Gasteiger partial charge in [0.2, 0.25) is 0 Å². The van der Waals surface area contributed by atoms with Gasteiger partial charge in [-0.05, 0) is 50.7 Å². The van der Waals surface area contributed by atoms with Crippen LogP contribution in [0.2, 0.25) is 0 Å². The highest BCUT2D eigenvalue weighted by Gasteiger charge is 2.22. The molecular weight excluding hydrogens is 322 g/mol. The molecule has 23 heavy (non-hydrogen) atoms. The fourth-order valence-corrected chi connectivity index (χ4v) is 2.99. The fourth-order valence-electron chi connectivity index (χ4n) is 2.99. The Morgan fingerprint density at radius 2 is 2.13 bits per heavy atom. The van der Waals surface area contributed by atoms with Crippen LogP contribution >= 0.6 is 12.4 Å². The van der Waals surface area contributed by atoms with Gasteiger partial charge in [-0.1, -0.05) is 0 Å². The summed E-state index contributed by atoms with van der Waals surface area (Å²) < 4.78 is 28.2. The Labute approximate surface area is 140 Å². The summed E-state index contributed by atoms with van der Waals surface area (Å²) in [6.45, 7) is 3.91. The van der Waals surface area contributed by atoms with Gasteiger partial charge in [-0.3, -0.25) is 4.90 Å². The van der Waals surface area contributed by atoms with Crippen molar-refractivity contribution in [1.82, 2.24) is 20.0 Å². The molecular formula is C16H21ClF2N4. The van der Waals surface area contributed by atoms with E-state index in [0.717, 1.165) is 37.9 Å². The number of benzene rings is 1. The van der Waals surface area contributed by atoms with Crippen LogP contribution in [0.25, 0.3) is 5.69 Å². The highest BCUT2D eigenvalue weighted by molar-refractivity contribution is 5.85. The maximum absolute atomic E-state index is 13.8. The largest absolute Gasteiger partial charge is 0.319 e. The van der Waals surface area contributed by atoms with E-state index in [1.807, 2.05) is 13.1 Å². The van der Waals surface area contributed by atoms with Gasteiger partial charge in [0.05, 0.1) is 5.69 Å². The van der Waals surface area contributed by atoms with Crippen LogP contribution in [0.5, 0.6) is 0 Å². The Balaban J connectivity index is 0.00000192. The molecule has 1 atom stereocenters. The summed E-state index contributed by atoms with van der Waals surface area (Å²) in [6.07, 6.45) is 2.90. The molecule has 0 amide bonds. The van der Waals surface area contributed by atoms with E-state index in [1.165, 1.54) is 23.2 Å². The smallest absolute Gasteiger partial charge is 0.151 e. The maximum Gasteiger partial charge on any atom is 0.151 e. The minimum atomic E-state index is -0.607. The van der Waals surface area contributed by atoms with Gasteiger partial charge in [0, 0.05) is 25.4 Å². The van der Waals surface area contributed by atoms with Crippen molar-refractivity contribution in [3.8, 4) is 5.69 Å². The summed E-state index contributed by atoms with van der Waals surface area (Å²) in [4.78, 5) is 2.36. The third-order valence-electron chi connectivity index (χ3n) is 4.05. The maximum atomic E-state index is 13.8. The number of hydrogen-bond acceptors (Lipinski definition) is 3. The molecule has 4 nitrogen and oxygen atoms in total. The molecule has 0 spiro atoms.